The lowest BCUT2D eigenvalue weighted by Gasteiger charge is -1.94. The number of hydrogen-bond donors (Lipinski definition) is 1. The van der Waals surface area contributed by atoms with Gasteiger partial charge in [-0.05, 0) is 12.1 Å². The quantitative estimate of drug-likeness (QED) is 0.688. The highest BCUT2D eigenvalue weighted by Crippen LogP contribution is 2.26. The van der Waals surface area contributed by atoms with Crippen molar-refractivity contribution < 1.29 is 8.42 Å². The van der Waals surface area contributed by atoms with Gasteiger partial charge in [0.2, 0.25) is 4.96 Å². The Bertz CT molecular complexity index is 787. The van der Waals surface area contributed by atoms with Gasteiger partial charge >= 0.3 is 0 Å². The standard InChI is InChI=1S/C8H6N4O2S2/c9-16(13,14)8-11-10-7-12(8)5-3-1-2-4-6(5)15-7/h1-4H,(H2,9,13,14). The van der Waals surface area contributed by atoms with E-state index in [2.05, 4.69) is 10.2 Å². The minimum Gasteiger partial charge on any atom is -0.255 e. The summed E-state index contributed by atoms with van der Waals surface area (Å²) in [4.78, 5) is 0.519. The molecule has 0 spiro atoms. The Morgan fingerprint density at radius 2 is 2.00 bits per heavy atom. The molecule has 0 saturated heterocycles. The maximum atomic E-state index is 11.3. The monoisotopic (exact) mass is 254 g/mol. The first-order valence-electron chi connectivity index (χ1n) is 4.33. The van der Waals surface area contributed by atoms with Crippen molar-refractivity contribution in [1.29, 1.82) is 0 Å². The number of rotatable bonds is 1. The van der Waals surface area contributed by atoms with Crippen LogP contribution in [-0.2, 0) is 10.0 Å². The molecule has 2 N–H and O–H groups in total. The number of fused-ring (bicyclic) bond motifs is 3. The van der Waals surface area contributed by atoms with Crippen LogP contribution < -0.4 is 5.14 Å². The van der Waals surface area contributed by atoms with Crippen LogP contribution in [0.15, 0.2) is 29.4 Å². The Labute approximate surface area is 94.4 Å². The van der Waals surface area contributed by atoms with Gasteiger partial charge in [0.05, 0.1) is 10.2 Å². The van der Waals surface area contributed by atoms with Crippen LogP contribution in [0.5, 0.6) is 0 Å². The van der Waals surface area contributed by atoms with E-state index in [0.717, 1.165) is 10.2 Å². The first-order chi connectivity index (χ1) is 7.57. The lowest BCUT2D eigenvalue weighted by molar-refractivity contribution is 0.587. The number of benzene rings is 1. The van der Waals surface area contributed by atoms with E-state index in [0.29, 0.717) is 4.96 Å². The van der Waals surface area contributed by atoms with E-state index in [9.17, 15) is 8.42 Å². The van der Waals surface area contributed by atoms with Crippen LogP contribution in [0.4, 0.5) is 0 Å². The molecule has 0 aliphatic carbocycles. The van der Waals surface area contributed by atoms with Gasteiger partial charge in [-0.2, -0.15) is 0 Å². The maximum Gasteiger partial charge on any atom is 0.274 e. The van der Waals surface area contributed by atoms with Gasteiger partial charge < -0.3 is 0 Å². The van der Waals surface area contributed by atoms with Crippen LogP contribution in [0.3, 0.4) is 0 Å². The molecular formula is C8H6N4O2S2. The average molecular weight is 254 g/mol. The summed E-state index contributed by atoms with van der Waals surface area (Å²) in [6.07, 6.45) is 0. The zero-order chi connectivity index (χ0) is 11.3. The van der Waals surface area contributed by atoms with Crippen LogP contribution in [0.2, 0.25) is 0 Å². The van der Waals surface area contributed by atoms with E-state index in [1.54, 1.807) is 6.07 Å². The molecule has 2 aromatic heterocycles. The van der Waals surface area contributed by atoms with Crippen LogP contribution >= 0.6 is 11.3 Å². The zero-order valence-electron chi connectivity index (χ0n) is 7.86. The minimum atomic E-state index is -3.85. The van der Waals surface area contributed by atoms with E-state index in [1.807, 2.05) is 18.2 Å². The molecule has 0 radical (unpaired) electrons. The molecule has 3 rings (SSSR count). The van der Waals surface area contributed by atoms with Crippen molar-refractivity contribution in [2.24, 2.45) is 5.14 Å². The molecule has 0 aliphatic heterocycles. The molecule has 2 heterocycles. The van der Waals surface area contributed by atoms with Crippen LogP contribution in [0.25, 0.3) is 15.2 Å². The van der Waals surface area contributed by atoms with Crippen LogP contribution in [0.1, 0.15) is 0 Å². The third-order valence-electron chi connectivity index (χ3n) is 2.17. The highest BCUT2D eigenvalue weighted by Gasteiger charge is 2.20. The summed E-state index contributed by atoms with van der Waals surface area (Å²) in [6, 6.07) is 7.39. The first-order valence-corrected chi connectivity index (χ1v) is 6.69. The molecule has 0 bridgehead atoms. The predicted octanol–water partition coefficient (Wildman–Crippen LogP) is 0.591. The Morgan fingerprint density at radius 3 is 2.75 bits per heavy atom. The Hall–Kier alpha value is -1.51. The third kappa shape index (κ3) is 1.24. The second kappa shape index (κ2) is 3.00. The van der Waals surface area contributed by atoms with Crippen molar-refractivity contribution in [1.82, 2.24) is 14.6 Å². The van der Waals surface area contributed by atoms with Gasteiger partial charge in [-0.25, -0.2) is 13.6 Å². The maximum absolute atomic E-state index is 11.3. The van der Waals surface area contributed by atoms with E-state index in [4.69, 9.17) is 5.14 Å². The fourth-order valence-corrected chi connectivity index (χ4v) is 3.16. The van der Waals surface area contributed by atoms with Crippen LogP contribution in [0, 0.1) is 0 Å². The summed E-state index contributed by atoms with van der Waals surface area (Å²) in [5.74, 6) is 0. The van der Waals surface area contributed by atoms with Gasteiger partial charge in [-0.1, -0.05) is 23.5 Å². The fraction of sp³-hybridized carbons (Fsp3) is 0. The molecule has 0 unspecified atom stereocenters. The Morgan fingerprint density at radius 1 is 1.25 bits per heavy atom. The second-order valence-corrected chi connectivity index (χ2v) is 5.68. The summed E-state index contributed by atoms with van der Waals surface area (Å²) < 4.78 is 25.0. The largest absolute Gasteiger partial charge is 0.274 e. The van der Waals surface area contributed by atoms with Gasteiger partial charge in [0.1, 0.15) is 0 Å². The number of primary sulfonamides is 1. The SMILES string of the molecule is NS(=O)(=O)c1nnc2sc3ccccc3n12. The number of sulfonamides is 1. The Balaban J connectivity index is 2.58. The summed E-state index contributed by atoms with van der Waals surface area (Å²) in [6.45, 7) is 0. The lowest BCUT2D eigenvalue weighted by Crippen LogP contribution is -2.15. The number of thiazole rings is 1. The molecule has 3 aromatic rings. The molecule has 0 aliphatic rings. The van der Waals surface area contributed by atoms with E-state index in [-0.39, 0.29) is 5.16 Å². The molecule has 6 nitrogen and oxygen atoms in total. The van der Waals surface area contributed by atoms with Crippen molar-refractivity contribution in [2.45, 2.75) is 5.16 Å². The highest BCUT2D eigenvalue weighted by molar-refractivity contribution is 7.89. The summed E-state index contributed by atoms with van der Waals surface area (Å²) in [5.41, 5.74) is 0.747. The van der Waals surface area contributed by atoms with Gasteiger partial charge in [0, 0.05) is 0 Å². The highest BCUT2D eigenvalue weighted by atomic mass is 32.2. The minimum absolute atomic E-state index is 0.222. The molecule has 8 heteroatoms. The van der Waals surface area contributed by atoms with Gasteiger partial charge in [0.25, 0.3) is 15.2 Å². The molecule has 1 aromatic carbocycles. The number of para-hydroxylation sites is 1. The number of nitrogens with zero attached hydrogens (tertiary/aromatic N) is 3. The lowest BCUT2D eigenvalue weighted by atomic mass is 10.3. The molecule has 0 fully saturated rings. The molecule has 16 heavy (non-hydrogen) atoms. The molecular weight excluding hydrogens is 248 g/mol. The summed E-state index contributed by atoms with van der Waals surface area (Å²) in [7, 11) is -3.85. The Kier molecular flexibility index (Phi) is 1.82. The number of nitrogens with two attached hydrogens (primary N) is 1. The number of aromatic nitrogens is 3. The van der Waals surface area contributed by atoms with Gasteiger partial charge in [0.15, 0.2) is 0 Å². The van der Waals surface area contributed by atoms with Crippen molar-refractivity contribution in [2.75, 3.05) is 0 Å². The first kappa shape index (κ1) is 9.70. The number of hydrogen-bond acceptors (Lipinski definition) is 5. The summed E-state index contributed by atoms with van der Waals surface area (Å²) >= 11 is 1.37. The van der Waals surface area contributed by atoms with E-state index < -0.39 is 10.0 Å². The molecule has 82 valence electrons. The summed E-state index contributed by atoms with van der Waals surface area (Å²) in [5, 5.41) is 12.2. The van der Waals surface area contributed by atoms with Crippen molar-refractivity contribution in [3.05, 3.63) is 24.3 Å². The van der Waals surface area contributed by atoms with Crippen molar-refractivity contribution in [3.63, 3.8) is 0 Å². The van der Waals surface area contributed by atoms with E-state index in [1.165, 1.54) is 15.7 Å². The molecule has 0 saturated carbocycles. The van der Waals surface area contributed by atoms with E-state index >= 15 is 0 Å². The van der Waals surface area contributed by atoms with Gasteiger partial charge in [-0.15, -0.1) is 10.2 Å². The fourth-order valence-electron chi connectivity index (χ4n) is 1.54. The molecule has 0 amide bonds. The zero-order valence-corrected chi connectivity index (χ0v) is 9.49. The van der Waals surface area contributed by atoms with Crippen molar-refractivity contribution >= 4 is 36.5 Å². The third-order valence-corrected chi connectivity index (χ3v) is 3.95. The smallest absolute Gasteiger partial charge is 0.255 e. The van der Waals surface area contributed by atoms with Gasteiger partial charge in [-0.3, -0.25) is 4.40 Å². The van der Waals surface area contributed by atoms with Crippen LogP contribution in [-0.4, -0.2) is 23.0 Å². The topological polar surface area (TPSA) is 90.4 Å². The average Bonchev–Trinajstić information content (AvgIpc) is 2.73. The second-order valence-electron chi connectivity index (χ2n) is 3.22. The normalized spacial score (nSPS) is 12.6. The molecule has 0 atom stereocenters. The predicted molar refractivity (Wildman–Crippen MR) is 59.7 cm³/mol. The van der Waals surface area contributed by atoms with Crippen molar-refractivity contribution in [3.8, 4) is 0 Å².